The van der Waals surface area contributed by atoms with Gasteiger partial charge >= 0.3 is 0 Å². The molecule has 0 N–H and O–H groups in total. The van der Waals surface area contributed by atoms with Gasteiger partial charge < -0.3 is 9.15 Å². The second-order valence-electron chi connectivity index (χ2n) is 5.29. The summed E-state index contributed by atoms with van der Waals surface area (Å²) in [6, 6.07) is 1.72. The highest BCUT2D eigenvalue weighted by atomic mass is 32.1. The van der Waals surface area contributed by atoms with Gasteiger partial charge in [0, 0.05) is 6.20 Å². The van der Waals surface area contributed by atoms with Gasteiger partial charge in [0.15, 0.2) is 18.5 Å². The molecule has 0 saturated heterocycles. The molecule has 1 atom stereocenters. The van der Waals surface area contributed by atoms with Crippen molar-refractivity contribution in [3.8, 4) is 16.5 Å². The first kappa shape index (κ1) is 15.6. The standard InChI is InChI=1S/C15H12FN5O3S/c1-8(16)14-19-20-15(24-14)11-5-18-12(25-11)6-21-9-2-3-17-4-10(9)23-7-13(21)22/h2-5,8H,6-7H2,1H3. The number of carbonyl (C=O) groups excluding carboxylic acids is 1. The Morgan fingerprint density at radius 3 is 3.08 bits per heavy atom. The SMILES string of the molecule is CC(F)c1nnc(-c2cnc(CN3C(=O)COc4cnccc43)s2)o1. The van der Waals surface area contributed by atoms with Gasteiger partial charge in [-0.15, -0.1) is 21.5 Å². The monoisotopic (exact) mass is 361 g/mol. The molecule has 4 rings (SSSR count). The molecule has 25 heavy (non-hydrogen) atoms. The molecule has 1 aliphatic heterocycles. The highest BCUT2D eigenvalue weighted by molar-refractivity contribution is 7.15. The van der Waals surface area contributed by atoms with Gasteiger partial charge in [-0.05, 0) is 13.0 Å². The van der Waals surface area contributed by atoms with Crippen molar-refractivity contribution < 1.29 is 18.3 Å². The summed E-state index contributed by atoms with van der Waals surface area (Å²) in [6.45, 7) is 1.56. The first-order valence-electron chi connectivity index (χ1n) is 7.41. The number of hydrogen-bond donors (Lipinski definition) is 0. The number of amides is 1. The number of alkyl halides is 1. The molecular weight excluding hydrogens is 349 g/mol. The van der Waals surface area contributed by atoms with Crippen molar-refractivity contribution in [2.45, 2.75) is 19.6 Å². The minimum Gasteiger partial charge on any atom is -0.480 e. The fraction of sp³-hybridized carbons (Fsp3) is 0.267. The lowest BCUT2D eigenvalue weighted by Crippen LogP contribution is -2.38. The van der Waals surface area contributed by atoms with Gasteiger partial charge in [0.2, 0.25) is 0 Å². The predicted molar refractivity (Wildman–Crippen MR) is 85.9 cm³/mol. The Labute approximate surface area is 145 Å². The number of nitrogens with zero attached hydrogens (tertiary/aromatic N) is 5. The van der Waals surface area contributed by atoms with Gasteiger partial charge in [-0.3, -0.25) is 14.7 Å². The topological polar surface area (TPSA) is 94.2 Å². The molecule has 3 aromatic rings. The number of rotatable bonds is 4. The molecule has 0 aromatic carbocycles. The zero-order chi connectivity index (χ0) is 17.4. The lowest BCUT2D eigenvalue weighted by Gasteiger charge is -2.28. The molecule has 1 aliphatic rings. The molecule has 3 aromatic heterocycles. The first-order chi connectivity index (χ1) is 12.1. The van der Waals surface area contributed by atoms with Crippen LogP contribution in [-0.2, 0) is 11.3 Å². The van der Waals surface area contributed by atoms with Crippen LogP contribution in [0.2, 0.25) is 0 Å². The Morgan fingerprint density at radius 2 is 2.28 bits per heavy atom. The van der Waals surface area contributed by atoms with Crippen LogP contribution in [0.5, 0.6) is 5.75 Å². The Balaban J connectivity index is 1.58. The molecule has 0 saturated carbocycles. The quantitative estimate of drug-likeness (QED) is 0.705. The van der Waals surface area contributed by atoms with Gasteiger partial charge in [0.05, 0.1) is 24.6 Å². The first-order valence-corrected chi connectivity index (χ1v) is 8.23. The van der Waals surface area contributed by atoms with Crippen LogP contribution in [0, 0.1) is 0 Å². The number of halogens is 1. The largest absolute Gasteiger partial charge is 0.480 e. The number of ether oxygens (including phenoxy) is 1. The second-order valence-corrected chi connectivity index (χ2v) is 6.41. The third-order valence-electron chi connectivity index (χ3n) is 3.54. The van der Waals surface area contributed by atoms with Crippen LogP contribution in [0.3, 0.4) is 0 Å². The summed E-state index contributed by atoms with van der Waals surface area (Å²) in [5.74, 6) is 0.523. The van der Waals surface area contributed by atoms with Crippen molar-refractivity contribution in [1.82, 2.24) is 20.2 Å². The van der Waals surface area contributed by atoms with Gasteiger partial charge in [0.25, 0.3) is 17.7 Å². The fourth-order valence-corrected chi connectivity index (χ4v) is 3.17. The number of aromatic nitrogens is 4. The maximum absolute atomic E-state index is 13.2. The van der Waals surface area contributed by atoms with Gasteiger partial charge in [-0.1, -0.05) is 0 Å². The second kappa shape index (κ2) is 6.20. The van der Waals surface area contributed by atoms with E-state index in [4.69, 9.17) is 9.15 Å². The molecule has 0 radical (unpaired) electrons. The van der Waals surface area contributed by atoms with E-state index in [2.05, 4.69) is 20.2 Å². The molecule has 128 valence electrons. The van der Waals surface area contributed by atoms with E-state index in [1.165, 1.54) is 18.3 Å². The van der Waals surface area contributed by atoms with Crippen LogP contribution in [0.15, 0.2) is 29.1 Å². The van der Waals surface area contributed by atoms with Crippen molar-refractivity contribution in [3.63, 3.8) is 0 Å². The third kappa shape index (κ3) is 2.95. The number of thiazole rings is 1. The number of fused-ring (bicyclic) bond motifs is 1. The smallest absolute Gasteiger partial charge is 0.265 e. The van der Waals surface area contributed by atoms with Crippen LogP contribution in [-0.4, -0.2) is 32.7 Å². The number of hydrogen-bond acceptors (Lipinski definition) is 8. The van der Waals surface area contributed by atoms with Crippen LogP contribution in [0.1, 0.15) is 24.0 Å². The van der Waals surface area contributed by atoms with Crippen molar-refractivity contribution >= 4 is 22.9 Å². The molecule has 0 bridgehead atoms. The number of anilines is 1. The summed E-state index contributed by atoms with van der Waals surface area (Å²) in [6.07, 6.45) is 3.41. The highest BCUT2D eigenvalue weighted by Gasteiger charge is 2.27. The van der Waals surface area contributed by atoms with Crippen LogP contribution in [0.4, 0.5) is 10.1 Å². The summed E-state index contributed by atoms with van der Waals surface area (Å²) in [4.78, 5) is 22.7. The Morgan fingerprint density at radius 1 is 1.40 bits per heavy atom. The molecule has 1 unspecified atom stereocenters. The Hall–Kier alpha value is -2.88. The van der Waals surface area contributed by atoms with Crippen LogP contribution >= 0.6 is 11.3 Å². The van der Waals surface area contributed by atoms with E-state index < -0.39 is 6.17 Å². The van der Waals surface area contributed by atoms with E-state index >= 15 is 0 Å². The van der Waals surface area contributed by atoms with Crippen LogP contribution < -0.4 is 9.64 Å². The molecule has 10 heteroatoms. The average Bonchev–Trinajstić information content (AvgIpc) is 3.26. The van der Waals surface area contributed by atoms with Gasteiger partial charge in [-0.2, -0.15) is 0 Å². The van der Waals surface area contributed by atoms with Crippen molar-refractivity contribution in [2.75, 3.05) is 11.5 Å². The van der Waals surface area contributed by atoms with E-state index in [-0.39, 0.29) is 30.8 Å². The molecule has 4 heterocycles. The van der Waals surface area contributed by atoms with E-state index in [1.807, 2.05) is 0 Å². The van der Waals surface area contributed by atoms with Crippen LogP contribution in [0.25, 0.3) is 10.8 Å². The van der Waals surface area contributed by atoms with Crippen molar-refractivity contribution in [3.05, 3.63) is 35.6 Å². The normalized spacial score (nSPS) is 15.0. The van der Waals surface area contributed by atoms with E-state index in [1.54, 1.807) is 29.6 Å². The maximum atomic E-state index is 13.2. The highest BCUT2D eigenvalue weighted by Crippen LogP contribution is 2.33. The van der Waals surface area contributed by atoms with E-state index in [0.717, 1.165) is 0 Å². The molecular formula is C15H12FN5O3S. The Kier molecular flexibility index (Phi) is 3.88. The summed E-state index contributed by atoms with van der Waals surface area (Å²) < 4.78 is 23.8. The lowest BCUT2D eigenvalue weighted by molar-refractivity contribution is -0.121. The van der Waals surface area contributed by atoms with Gasteiger partial charge in [-0.25, -0.2) is 9.37 Å². The average molecular weight is 361 g/mol. The van der Waals surface area contributed by atoms with E-state index in [9.17, 15) is 9.18 Å². The predicted octanol–water partition coefficient (Wildman–Crippen LogP) is 2.54. The fourth-order valence-electron chi connectivity index (χ4n) is 2.34. The third-order valence-corrected chi connectivity index (χ3v) is 4.51. The summed E-state index contributed by atoms with van der Waals surface area (Å²) in [5.41, 5.74) is 0.648. The lowest BCUT2D eigenvalue weighted by atomic mass is 10.3. The number of carbonyl (C=O) groups is 1. The minimum absolute atomic E-state index is 0.0433. The molecule has 1 amide bonds. The zero-order valence-corrected chi connectivity index (χ0v) is 13.9. The maximum Gasteiger partial charge on any atom is 0.265 e. The van der Waals surface area contributed by atoms with Crippen molar-refractivity contribution in [2.24, 2.45) is 0 Å². The summed E-state index contributed by atoms with van der Waals surface area (Å²) in [7, 11) is 0. The molecule has 8 nitrogen and oxygen atoms in total. The van der Waals surface area contributed by atoms with Gasteiger partial charge in [0.1, 0.15) is 9.88 Å². The number of pyridine rings is 1. The van der Waals surface area contributed by atoms with E-state index in [0.29, 0.717) is 21.3 Å². The minimum atomic E-state index is -1.33. The summed E-state index contributed by atoms with van der Waals surface area (Å²) in [5, 5.41) is 8.16. The molecule has 0 fully saturated rings. The summed E-state index contributed by atoms with van der Waals surface area (Å²) >= 11 is 1.30. The van der Waals surface area contributed by atoms with Crippen molar-refractivity contribution in [1.29, 1.82) is 0 Å². The Bertz CT molecular complexity index is 925. The molecule has 0 spiro atoms. The molecule has 0 aliphatic carbocycles. The zero-order valence-electron chi connectivity index (χ0n) is 13.0.